The summed E-state index contributed by atoms with van der Waals surface area (Å²) in [5, 5.41) is 15.8. The first-order valence-electron chi connectivity index (χ1n) is 6.60. The van der Waals surface area contributed by atoms with Crippen molar-refractivity contribution in [3.63, 3.8) is 0 Å². The van der Waals surface area contributed by atoms with Gasteiger partial charge in [0.15, 0.2) is 0 Å². The third kappa shape index (κ3) is 3.77. The van der Waals surface area contributed by atoms with E-state index in [0.29, 0.717) is 13.2 Å². The van der Waals surface area contributed by atoms with Gasteiger partial charge in [0.1, 0.15) is 0 Å². The molecule has 2 N–H and O–H groups in total. The molecule has 0 aliphatic rings. The van der Waals surface area contributed by atoms with Gasteiger partial charge in [-0.1, -0.05) is 36.4 Å². The summed E-state index contributed by atoms with van der Waals surface area (Å²) in [6, 6.07) is 14.5. The molecular weight excluding hydrogens is 238 g/mol. The number of aliphatic hydroxyl groups is 1. The number of fused-ring (bicyclic) bond motifs is 1. The fraction of sp³-hybridized carbons (Fsp3) is 0.375. The molecule has 2 aromatic rings. The van der Waals surface area contributed by atoms with Gasteiger partial charge < -0.3 is 15.2 Å². The van der Waals surface area contributed by atoms with Gasteiger partial charge in [-0.15, -0.1) is 0 Å². The predicted octanol–water partition coefficient (Wildman–Crippen LogP) is 2.50. The van der Waals surface area contributed by atoms with E-state index in [1.54, 1.807) is 7.11 Å². The molecule has 0 fully saturated rings. The third-order valence-corrected chi connectivity index (χ3v) is 3.23. The van der Waals surface area contributed by atoms with Crippen LogP contribution in [0.25, 0.3) is 10.8 Å². The van der Waals surface area contributed by atoms with Crippen molar-refractivity contribution in [2.45, 2.75) is 19.1 Å². The molecule has 102 valence electrons. The van der Waals surface area contributed by atoms with Crippen LogP contribution < -0.4 is 5.32 Å². The summed E-state index contributed by atoms with van der Waals surface area (Å²) in [7, 11) is 1.68. The lowest BCUT2D eigenvalue weighted by Crippen LogP contribution is -2.33. The minimum Gasteiger partial charge on any atom is -0.387 e. The summed E-state index contributed by atoms with van der Waals surface area (Å²) < 4.78 is 5.06. The van der Waals surface area contributed by atoms with Gasteiger partial charge in [0.2, 0.25) is 0 Å². The Morgan fingerprint density at radius 1 is 1.16 bits per heavy atom. The highest BCUT2D eigenvalue weighted by Crippen LogP contribution is 2.20. The van der Waals surface area contributed by atoms with E-state index in [-0.39, 0.29) is 6.04 Å². The highest BCUT2D eigenvalue weighted by Gasteiger charge is 2.09. The van der Waals surface area contributed by atoms with Gasteiger partial charge in [-0.05, 0) is 29.3 Å². The largest absolute Gasteiger partial charge is 0.387 e. The van der Waals surface area contributed by atoms with Gasteiger partial charge in [0.05, 0.1) is 12.7 Å². The molecule has 0 saturated carbocycles. The van der Waals surface area contributed by atoms with E-state index < -0.39 is 6.10 Å². The first kappa shape index (κ1) is 14.0. The van der Waals surface area contributed by atoms with Crippen molar-refractivity contribution in [2.24, 2.45) is 0 Å². The Labute approximate surface area is 114 Å². The van der Waals surface area contributed by atoms with Gasteiger partial charge in [-0.2, -0.15) is 0 Å². The molecule has 0 saturated heterocycles. The number of hydrogen-bond donors (Lipinski definition) is 2. The molecular formula is C16H21NO2. The van der Waals surface area contributed by atoms with Crippen LogP contribution in [0.5, 0.6) is 0 Å². The molecule has 2 unspecified atom stereocenters. The minimum atomic E-state index is -0.496. The van der Waals surface area contributed by atoms with Crippen LogP contribution in [-0.4, -0.2) is 31.4 Å². The summed E-state index contributed by atoms with van der Waals surface area (Å²) >= 11 is 0. The molecule has 0 radical (unpaired) electrons. The summed E-state index contributed by atoms with van der Waals surface area (Å²) in [4.78, 5) is 0. The van der Waals surface area contributed by atoms with Crippen LogP contribution in [-0.2, 0) is 4.74 Å². The first-order chi connectivity index (χ1) is 9.20. The molecule has 0 bridgehead atoms. The lowest BCUT2D eigenvalue weighted by Gasteiger charge is -2.17. The molecule has 2 rings (SSSR count). The van der Waals surface area contributed by atoms with Crippen LogP contribution in [0, 0.1) is 0 Å². The highest BCUT2D eigenvalue weighted by molar-refractivity contribution is 5.83. The molecule has 19 heavy (non-hydrogen) atoms. The topological polar surface area (TPSA) is 41.5 Å². The Hall–Kier alpha value is -1.42. The van der Waals surface area contributed by atoms with E-state index in [0.717, 1.165) is 10.9 Å². The zero-order chi connectivity index (χ0) is 13.7. The zero-order valence-electron chi connectivity index (χ0n) is 11.5. The maximum atomic E-state index is 10.2. The van der Waals surface area contributed by atoms with Gasteiger partial charge >= 0.3 is 0 Å². The standard InChI is InChI=1S/C16H21NO2/c1-12(11-19-2)17-10-16(18)15-8-7-13-5-3-4-6-14(13)9-15/h3-9,12,16-18H,10-11H2,1-2H3. The Kier molecular flexibility index (Phi) is 4.91. The second-order valence-electron chi connectivity index (χ2n) is 4.89. The quantitative estimate of drug-likeness (QED) is 0.837. The van der Waals surface area contributed by atoms with E-state index in [1.165, 1.54) is 5.39 Å². The van der Waals surface area contributed by atoms with Crippen LogP contribution in [0.1, 0.15) is 18.6 Å². The van der Waals surface area contributed by atoms with Crippen molar-refractivity contribution in [1.29, 1.82) is 0 Å². The summed E-state index contributed by atoms with van der Waals surface area (Å²) in [6.07, 6.45) is -0.496. The lowest BCUT2D eigenvalue weighted by atomic mass is 10.0. The molecule has 0 heterocycles. The molecule has 0 aromatic heterocycles. The molecule has 0 spiro atoms. The van der Waals surface area contributed by atoms with Crippen molar-refractivity contribution >= 4 is 10.8 Å². The van der Waals surface area contributed by atoms with Gasteiger partial charge in [0.25, 0.3) is 0 Å². The maximum Gasteiger partial charge on any atom is 0.0914 e. The summed E-state index contributed by atoms with van der Waals surface area (Å²) in [5.74, 6) is 0. The second-order valence-corrected chi connectivity index (χ2v) is 4.89. The van der Waals surface area contributed by atoms with Crippen LogP contribution >= 0.6 is 0 Å². The smallest absolute Gasteiger partial charge is 0.0914 e. The molecule has 2 atom stereocenters. The Bertz CT molecular complexity index is 527. The summed E-state index contributed by atoms with van der Waals surface area (Å²) in [5.41, 5.74) is 0.941. The fourth-order valence-electron chi connectivity index (χ4n) is 2.15. The van der Waals surface area contributed by atoms with Crippen LogP contribution in [0.2, 0.25) is 0 Å². The van der Waals surface area contributed by atoms with Gasteiger partial charge in [-0.25, -0.2) is 0 Å². The lowest BCUT2D eigenvalue weighted by molar-refractivity contribution is 0.143. The average molecular weight is 259 g/mol. The van der Waals surface area contributed by atoms with E-state index >= 15 is 0 Å². The van der Waals surface area contributed by atoms with Gasteiger partial charge in [-0.3, -0.25) is 0 Å². The van der Waals surface area contributed by atoms with E-state index in [1.807, 2.05) is 37.3 Å². The van der Waals surface area contributed by atoms with E-state index in [2.05, 4.69) is 17.4 Å². The molecule has 2 aromatic carbocycles. The SMILES string of the molecule is COCC(C)NCC(O)c1ccc2ccccc2c1. The number of hydrogen-bond acceptors (Lipinski definition) is 3. The predicted molar refractivity (Wildman–Crippen MR) is 78.2 cm³/mol. The maximum absolute atomic E-state index is 10.2. The monoisotopic (exact) mass is 259 g/mol. The van der Waals surface area contributed by atoms with Crippen LogP contribution in [0.3, 0.4) is 0 Å². The number of methoxy groups -OCH3 is 1. The molecule has 3 heteroatoms. The number of nitrogens with one attached hydrogen (secondary N) is 1. The van der Waals surface area contributed by atoms with Crippen LogP contribution in [0.15, 0.2) is 42.5 Å². The fourth-order valence-corrected chi connectivity index (χ4v) is 2.15. The normalized spacial score (nSPS) is 14.5. The van der Waals surface area contributed by atoms with Crippen molar-refractivity contribution in [2.75, 3.05) is 20.3 Å². The molecule has 0 aliphatic carbocycles. The van der Waals surface area contributed by atoms with E-state index in [9.17, 15) is 5.11 Å². The number of aliphatic hydroxyl groups excluding tert-OH is 1. The zero-order valence-corrected chi connectivity index (χ0v) is 11.5. The summed E-state index contributed by atoms with van der Waals surface area (Å²) in [6.45, 7) is 3.21. The third-order valence-electron chi connectivity index (χ3n) is 3.23. The molecule has 0 amide bonds. The van der Waals surface area contributed by atoms with E-state index in [4.69, 9.17) is 4.74 Å². The average Bonchev–Trinajstić information content (AvgIpc) is 2.44. The Morgan fingerprint density at radius 3 is 2.63 bits per heavy atom. The van der Waals surface area contributed by atoms with Crippen molar-refractivity contribution in [3.8, 4) is 0 Å². The highest BCUT2D eigenvalue weighted by atomic mass is 16.5. The van der Waals surface area contributed by atoms with Crippen molar-refractivity contribution in [1.82, 2.24) is 5.32 Å². The number of ether oxygens (including phenoxy) is 1. The number of benzene rings is 2. The van der Waals surface area contributed by atoms with Crippen molar-refractivity contribution < 1.29 is 9.84 Å². The Morgan fingerprint density at radius 2 is 1.89 bits per heavy atom. The second kappa shape index (κ2) is 6.66. The Balaban J connectivity index is 2.02. The van der Waals surface area contributed by atoms with Gasteiger partial charge in [0, 0.05) is 19.7 Å². The number of rotatable bonds is 6. The first-order valence-corrected chi connectivity index (χ1v) is 6.60. The molecule has 0 aliphatic heterocycles. The van der Waals surface area contributed by atoms with Crippen molar-refractivity contribution in [3.05, 3.63) is 48.0 Å². The molecule has 3 nitrogen and oxygen atoms in total. The van der Waals surface area contributed by atoms with Crippen LogP contribution in [0.4, 0.5) is 0 Å². The minimum absolute atomic E-state index is 0.236.